The van der Waals surface area contributed by atoms with Gasteiger partial charge in [0.05, 0.1) is 29.6 Å². The van der Waals surface area contributed by atoms with Gasteiger partial charge in [0.2, 0.25) is 0 Å². The lowest BCUT2D eigenvalue weighted by Crippen LogP contribution is -2.10. The minimum absolute atomic E-state index is 0.0351. The molecule has 4 rings (SSSR count). The first-order chi connectivity index (χ1) is 9.31. The third kappa shape index (κ3) is 1.81. The van der Waals surface area contributed by atoms with Crippen LogP contribution in [-0.4, -0.2) is 20.1 Å². The molecule has 1 aromatic carbocycles. The van der Waals surface area contributed by atoms with Crippen LogP contribution in [0.15, 0.2) is 44.2 Å². The smallest absolute Gasteiger partial charge is 0.403 e. The van der Waals surface area contributed by atoms with Gasteiger partial charge in [0.1, 0.15) is 16.9 Å². The van der Waals surface area contributed by atoms with E-state index in [2.05, 4.69) is 0 Å². The van der Waals surface area contributed by atoms with E-state index in [9.17, 15) is 4.79 Å². The van der Waals surface area contributed by atoms with Gasteiger partial charge in [-0.2, -0.15) is 0 Å². The molecule has 3 aromatic rings. The number of fused-ring (bicyclic) bond motifs is 2. The van der Waals surface area contributed by atoms with Crippen LogP contribution in [0.2, 0.25) is 0 Å². The van der Waals surface area contributed by atoms with Crippen LogP contribution in [0, 0.1) is 0 Å². The molecular weight excluding hydrogens is 247 g/mol. The predicted octanol–water partition coefficient (Wildman–Crippen LogP) is 1.89. The molecule has 93 valence electrons. The summed E-state index contributed by atoms with van der Waals surface area (Å²) in [4.78, 5) is 11.3. The molecule has 1 aliphatic heterocycles. The van der Waals surface area contributed by atoms with Crippen molar-refractivity contribution in [3.05, 3.63) is 40.9 Å². The zero-order valence-corrected chi connectivity index (χ0v) is 9.79. The maximum Gasteiger partial charge on any atom is 0.403 e. The first-order valence-corrected chi connectivity index (χ1v) is 5.87. The van der Waals surface area contributed by atoms with E-state index >= 15 is 0 Å². The van der Waals surface area contributed by atoms with Crippen LogP contribution >= 0.6 is 0 Å². The van der Waals surface area contributed by atoms with Gasteiger partial charge in [-0.15, -0.1) is 0 Å². The Labute approximate surface area is 108 Å². The Morgan fingerprint density at radius 2 is 2.05 bits per heavy atom. The van der Waals surface area contributed by atoms with Gasteiger partial charge in [0.15, 0.2) is 0 Å². The molecule has 1 fully saturated rings. The zero-order chi connectivity index (χ0) is 12.8. The normalized spacial score (nSPS) is 17.8. The molecule has 1 atom stereocenters. The van der Waals surface area contributed by atoms with Crippen molar-refractivity contribution in [2.45, 2.75) is 6.00 Å². The second-order valence-corrected chi connectivity index (χ2v) is 4.33. The summed E-state index contributed by atoms with van der Waals surface area (Å²) in [5.41, 5.74) is 0.649. The summed E-state index contributed by atoms with van der Waals surface area (Å²) >= 11 is 0. The Hall–Kier alpha value is -2.21. The molecule has 0 saturated carbocycles. The molecule has 0 amide bonds. The highest BCUT2D eigenvalue weighted by molar-refractivity contribution is 6.32. The summed E-state index contributed by atoms with van der Waals surface area (Å²) in [6.45, 7) is 0.675. The summed E-state index contributed by atoms with van der Waals surface area (Å²) in [5.74, 6) is 0.612. The molecule has 1 unspecified atom stereocenters. The van der Waals surface area contributed by atoms with Gasteiger partial charge in [-0.1, -0.05) is 0 Å². The Balaban J connectivity index is 1.96. The average Bonchev–Trinajstić information content (AvgIpc) is 3.11. The Kier molecular flexibility index (Phi) is 2.19. The standard InChI is InChI=1S/C13H8BO5/c15-12-2-1-7-10(18-12)5-9-8(3-4-16-9)13(7)19-14-11-6-17-11/h1-5,11H,6H2. The summed E-state index contributed by atoms with van der Waals surface area (Å²) in [6, 6.07) is 6.59. The van der Waals surface area contributed by atoms with Gasteiger partial charge in [-0.25, -0.2) is 4.79 Å². The lowest BCUT2D eigenvalue weighted by atomic mass is 9.95. The molecule has 0 N–H and O–H groups in total. The highest BCUT2D eigenvalue weighted by atomic mass is 16.6. The van der Waals surface area contributed by atoms with Crippen molar-refractivity contribution in [3.8, 4) is 5.75 Å². The fraction of sp³-hybridized carbons (Fsp3) is 0.154. The number of hydrogen-bond acceptors (Lipinski definition) is 5. The van der Waals surface area contributed by atoms with Gasteiger partial charge in [0, 0.05) is 12.1 Å². The number of rotatable bonds is 3. The van der Waals surface area contributed by atoms with Crippen LogP contribution in [0.3, 0.4) is 0 Å². The summed E-state index contributed by atoms with van der Waals surface area (Å²) < 4.78 is 21.3. The van der Waals surface area contributed by atoms with E-state index < -0.39 is 5.63 Å². The Morgan fingerprint density at radius 3 is 2.89 bits per heavy atom. The molecular formula is C13H8BO5. The molecule has 6 heteroatoms. The first-order valence-electron chi connectivity index (χ1n) is 5.87. The average molecular weight is 255 g/mol. The quantitative estimate of drug-likeness (QED) is 0.406. The van der Waals surface area contributed by atoms with Crippen LogP contribution in [-0.2, 0) is 4.74 Å². The molecule has 1 radical (unpaired) electrons. The van der Waals surface area contributed by atoms with E-state index in [1.165, 1.54) is 6.07 Å². The molecule has 0 bridgehead atoms. The molecule has 0 aliphatic carbocycles. The Bertz CT molecular complexity index is 815. The van der Waals surface area contributed by atoms with Gasteiger partial charge >= 0.3 is 13.1 Å². The number of epoxide rings is 1. The van der Waals surface area contributed by atoms with E-state index in [0.29, 0.717) is 23.5 Å². The van der Waals surface area contributed by atoms with E-state index in [0.717, 1.165) is 10.8 Å². The van der Waals surface area contributed by atoms with Gasteiger partial charge in [-0.05, 0) is 12.1 Å². The van der Waals surface area contributed by atoms with Crippen LogP contribution in [0.4, 0.5) is 0 Å². The van der Waals surface area contributed by atoms with E-state index in [1.54, 1.807) is 25.9 Å². The molecule has 1 saturated heterocycles. The van der Waals surface area contributed by atoms with Crippen LogP contribution < -0.4 is 10.3 Å². The van der Waals surface area contributed by atoms with Gasteiger partial charge in [0.25, 0.3) is 0 Å². The summed E-state index contributed by atoms with van der Waals surface area (Å²) in [6.07, 6.45) is 1.57. The molecule has 5 nitrogen and oxygen atoms in total. The predicted molar refractivity (Wildman–Crippen MR) is 68.4 cm³/mol. The highest BCUT2D eigenvalue weighted by Crippen LogP contribution is 2.35. The van der Waals surface area contributed by atoms with Gasteiger partial charge < -0.3 is 18.2 Å². The third-order valence-corrected chi connectivity index (χ3v) is 3.01. The second kappa shape index (κ2) is 3.89. The summed E-state index contributed by atoms with van der Waals surface area (Å²) in [5, 5.41) is 1.56. The fourth-order valence-electron chi connectivity index (χ4n) is 2.02. The van der Waals surface area contributed by atoms with Crippen molar-refractivity contribution in [2.24, 2.45) is 0 Å². The van der Waals surface area contributed by atoms with Crippen LogP contribution in [0.5, 0.6) is 5.75 Å². The Morgan fingerprint density at radius 1 is 1.21 bits per heavy atom. The van der Waals surface area contributed by atoms with Crippen molar-refractivity contribution < 1.29 is 18.2 Å². The number of hydrogen-bond donors (Lipinski definition) is 0. The highest BCUT2D eigenvalue weighted by Gasteiger charge is 2.27. The number of furan rings is 1. The molecule has 2 aromatic heterocycles. The number of ether oxygens (including phenoxy) is 1. The second-order valence-electron chi connectivity index (χ2n) is 4.33. The minimum atomic E-state index is -0.404. The largest absolute Gasteiger partial charge is 0.559 e. The van der Waals surface area contributed by atoms with Crippen molar-refractivity contribution >= 4 is 29.4 Å². The third-order valence-electron chi connectivity index (χ3n) is 3.01. The van der Waals surface area contributed by atoms with E-state index in [4.69, 9.17) is 18.2 Å². The van der Waals surface area contributed by atoms with Crippen molar-refractivity contribution in [3.63, 3.8) is 0 Å². The van der Waals surface area contributed by atoms with Gasteiger partial charge in [-0.3, -0.25) is 0 Å². The van der Waals surface area contributed by atoms with Crippen molar-refractivity contribution in [1.82, 2.24) is 0 Å². The molecule has 1 aliphatic rings. The SMILES string of the molecule is O=c1ccc2c(O[B]C3CO3)c3ccoc3cc2o1. The lowest BCUT2D eigenvalue weighted by Gasteiger charge is -2.08. The topological polar surface area (TPSA) is 65.1 Å². The van der Waals surface area contributed by atoms with Crippen LogP contribution in [0.1, 0.15) is 0 Å². The first kappa shape index (κ1) is 10.7. The molecule has 3 heterocycles. The maximum atomic E-state index is 11.3. The lowest BCUT2D eigenvalue weighted by molar-refractivity contribution is 0.440. The maximum absolute atomic E-state index is 11.3. The van der Waals surface area contributed by atoms with E-state index in [1.807, 2.05) is 6.07 Å². The minimum Gasteiger partial charge on any atom is -0.559 e. The zero-order valence-electron chi connectivity index (χ0n) is 9.79. The monoisotopic (exact) mass is 255 g/mol. The number of benzene rings is 1. The molecule has 0 spiro atoms. The van der Waals surface area contributed by atoms with E-state index in [-0.39, 0.29) is 6.00 Å². The summed E-state index contributed by atoms with van der Waals surface area (Å²) in [7, 11) is 1.63. The van der Waals surface area contributed by atoms with Crippen molar-refractivity contribution in [2.75, 3.05) is 6.61 Å². The van der Waals surface area contributed by atoms with Crippen LogP contribution in [0.25, 0.3) is 21.9 Å². The molecule has 19 heavy (non-hydrogen) atoms. The fourth-order valence-corrected chi connectivity index (χ4v) is 2.02. The van der Waals surface area contributed by atoms with Crippen molar-refractivity contribution in [1.29, 1.82) is 0 Å².